The third-order valence-corrected chi connectivity index (χ3v) is 4.78. The Labute approximate surface area is 150 Å². The van der Waals surface area contributed by atoms with Crippen molar-refractivity contribution in [1.82, 2.24) is 9.97 Å². The van der Waals surface area contributed by atoms with Gasteiger partial charge in [-0.15, -0.1) is 0 Å². The van der Waals surface area contributed by atoms with Crippen molar-refractivity contribution in [3.05, 3.63) is 36.4 Å². The van der Waals surface area contributed by atoms with Crippen molar-refractivity contribution in [1.29, 1.82) is 0 Å². The van der Waals surface area contributed by atoms with Crippen LogP contribution in [0.15, 0.2) is 41.6 Å². The molecule has 4 nitrogen and oxygen atoms in total. The molecule has 4 rings (SSSR count). The monoisotopic (exact) mass is 378 g/mol. The van der Waals surface area contributed by atoms with Gasteiger partial charge in [0, 0.05) is 22.5 Å². The van der Waals surface area contributed by atoms with Gasteiger partial charge in [-0.3, -0.25) is 0 Å². The number of thioether (sulfide) groups is 1. The van der Waals surface area contributed by atoms with Gasteiger partial charge in [0.1, 0.15) is 11.5 Å². The highest BCUT2D eigenvalue weighted by atomic mass is 32.2. The lowest BCUT2D eigenvalue weighted by molar-refractivity contribution is -0.0330. The predicted molar refractivity (Wildman–Crippen MR) is 96.1 cm³/mol. The molecule has 1 aromatic heterocycles. The summed E-state index contributed by atoms with van der Waals surface area (Å²) in [6.07, 6.45) is 0. The Hall–Kier alpha value is -2.61. The molecule has 134 valence electrons. The number of hydrogen-bond donors (Lipinski definition) is 1. The highest BCUT2D eigenvalue weighted by Gasteiger charge is 2.31. The lowest BCUT2D eigenvalue weighted by atomic mass is 9.99. The summed E-state index contributed by atoms with van der Waals surface area (Å²) in [5.41, 5.74) is -3.36. The van der Waals surface area contributed by atoms with Gasteiger partial charge < -0.3 is 14.5 Å². The summed E-state index contributed by atoms with van der Waals surface area (Å²) in [6, 6.07) is 10.9. The maximum atomic E-state index is 12.8. The van der Waals surface area contributed by atoms with Crippen LogP contribution < -0.4 is 9.47 Å². The van der Waals surface area contributed by atoms with Gasteiger partial charge in [0.25, 0.3) is 0 Å². The third kappa shape index (κ3) is 2.80. The average molecular weight is 378 g/mol. The maximum Gasteiger partial charge on any atom is 0.449 e. The second-order valence-corrected chi connectivity index (χ2v) is 6.69. The van der Waals surface area contributed by atoms with Crippen LogP contribution in [0.5, 0.6) is 11.5 Å². The molecule has 0 saturated heterocycles. The Kier molecular flexibility index (Phi) is 3.87. The standard InChI is InChI=1S/C18H13F3N2O2S/c1-24-9-3-5-11-13(7-9)14-8-10(25-2)4-6-12(14)16-15(11)22-17(23-16)26-18(19,20)21/h3-8H,1-2H3,(H,22,23). The molecule has 8 heteroatoms. The quantitative estimate of drug-likeness (QED) is 0.378. The van der Waals surface area contributed by atoms with Crippen molar-refractivity contribution in [3.63, 3.8) is 0 Å². The summed E-state index contributed by atoms with van der Waals surface area (Å²) in [6.45, 7) is 0. The molecule has 0 aliphatic carbocycles. The maximum absolute atomic E-state index is 12.8. The van der Waals surface area contributed by atoms with E-state index < -0.39 is 5.51 Å². The molecule has 0 unspecified atom stereocenters. The van der Waals surface area contributed by atoms with Gasteiger partial charge in [0.05, 0.1) is 25.3 Å². The number of aromatic nitrogens is 2. The Bertz CT molecular complexity index is 1060. The number of aromatic amines is 1. The molecule has 0 saturated carbocycles. The number of hydrogen-bond acceptors (Lipinski definition) is 4. The minimum atomic E-state index is -4.41. The van der Waals surface area contributed by atoms with Crippen molar-refractivity contribution in [2.45, 2.75) is 10.7 Å². The number of alkyl halides is 3. The van der Waals surface area contributed by atoms with E-state index in [1.54, 1.807) is 32.4 Å². The molecule has 1 heterocycles. The van der Waals surface area contributed by atoms with Crippen LogP contribution in [-0.2, 0) is 0 Å². The normalized spacial score (nSPS) is 12.2. The van der Waals surface area contributed by atoms with E-state index in [2.05, 4.69) is 9.97 Å². The smallest absolute Gasteiger partial charge is 0.449 e. The molecular weight excluding hydrogens is 365 g/mol. The average Bonchev–Trinajstić information content (AvgIpc) is 3.02. The van der Waals surface area contributed by atoms with Gasteiger partial charge >= 0.3 is 5.51 Å². The molecule has 0 aliphatic rings. The first-order chi connectivity index (χ1) is 12.4. The number of nitrogens with one attached hydrogen (secondary N) is 1. The first kappa shape index (κ1) is 16.8. The van der Waals surface area contributed by atoms with Crippen molar-refractivity contribution < 1.29 is 22.6 Å². The molecule has 0 spiro atoms. The van der Waals surface area contributed by atoms with E-state index in [1.807, 2.05) is 18.2 Å². The molecule has 0 amide bonds. The Morgan fingerprint density at radius 1 is 0.885 bits per heavy atom. The topological polar surface area (TPSA) is 47.1 Å². The summed E-state index contributed by atoms with van der Waals surface area (Å²) in [5.74, 6) is 1.31. The number of H-pyrrole nitrogens is 1. The molecule has 3 aromatic carbocycles. The van der Waals surface area contributed by atoms with E-state index in [1.165, 1.54) is 0 Å². The SMILES string of the molecule is COc1ccc2c(c1)c1cc(OC)ccc1c1[nH]c(SC(F)(F)F)nc21. The highest BCUT2D eigenvalue weighted by Crippen LogP contribution is 2.41. The van der Waals surface area contributed by atoms with Gasteiger partial charge in [0.2, 0.25) is 0 Å². The van der Waals surface area contributed by atoms with E-state index in [9.17, 15) is 13.2 Å². The van der Waals surface area contributed by atoms with Crippen LogP contribution in [0.4, 0.5) is 13.2 Å². The number of methoxy groups -OCH3 is 2. The molecular formula is C18H13F3N2O2S. The molecule has 0 radical (unpaired) electrons. The van der Waals surface area contributed by atoms with Crippen LogP contribution in [0.1, 0.15) is 0 Å². The zero-order chi connectivity index (χ0) is 18.5. The van der Waals surface area contributed by atoms with E-state index in [0.717, 1.165) is 21.5 Å². The van der Waals surface area contributed by atoms with Gasteiger partial charge in [0.15, 0.2) is 5.16 Å². The fourth-order valence-corrected chi connectivity index (χ4v) is 3.58. The van der Waals surface area contributed by atoms with E-state index >= 15 is 0 Å². The third-order valence-electron chi connectivity index (χ3n) is 4.16. The number of rotatable bonds is 3. The molecule has 0 fully saturated rings. The second kappa shape index (κ2) is 5.98. The number of benzene rings is 3. The fraction of sp³-hybridized carbons (Fsp3) is 0.167. The molecule has 4 aromatic rings. The van der Waals surface area contributed by atoms with E-state index in [-0.39, 0.29) is 16.9 Å². The van der Waals surface area contributed by atoms with Crippen LogP contribution in [0.2, 0.25) is 0 Å². The first-order valence-corrected chi connectivity index (χ1v) is 8.44. The van der Waals surface area contributed by atoms with Gasteiger partial charge in [-0.05, 0) is 47.2 Å². The molecule has 0 bridgehead atoms. The summed E-state index contributed by atoms with van der Waals surface area (Å²) in [7, 11) is 3.13. The van der Waals surface area contributed by atoms with E-state index in [4.69, 9.17) is 9.47 Å². The van der Waals surface area contributed by atoms with Gasteiger partial charge in [-0.25, -0.2) is 4.98 Å². The highest BCUT2D eigenvalue weighted by molar-refractivity contribution is 8.00. The Balaban J connectivity index is 2.12. The summed E-state index contributed by atoms with van der Waals surface area (Å²) in [4.78, 5) is 7.00. The molecule has 0 aliphatic heterocycles. The lowest BCUT2D eigenvalue weighted by Crippen LogP contribution is -1.99. The zero-order valence-corrected chi connectivity index (χ0v) is 14.6. The van der Waals surface area contributed by atoms with E-state index in [0.29, 0.717) is 22.5 Å². The summed E-state index contributed by atoms with van der Waals surface area (Å²) >= 11 is -0.257. The summed E-state index contributed by atoms with van der Waals surface area (Å²) in [5, 5.41) is 3.00. The Morgan fingerprint density at radius 2 is 1.46 bits per heavy atom. The van der Waals surface area contributed by atoms with Crippen LogP contribution in [0.3, 0.4) is 0 Å². The van der Waals surface area contributed by atoms with Crippen molar-refractivity contribution in [2.24, 2.45) is 0 Å². The van der Waals surface area contributed by atoms with Crippen LogP contribution in [-0.4, -0.2) is 29.7 Å². The summed E-state index contributed by atoms with van der Waals surface area (Å²) < 4.78 is 48.9. The van der Waals surface area contributed by atoms with Crippen molar-refractivity contribution in [2.75, 3.05) is 14.2 Å². The number of imidazole rings is 1. The van der Waals surface area contributed by atoms with Crippen molar-refractivity contribution in [3.8, 4) is 11.5 Å². The molecule has 0 atom stereocenters. The second-order valence-electron chi connectivity index (χ2n) is 5.64. The number of ether oxygens (including phenoxy) is 2. The number of nitrogens with zero attached hydrogens (tertiary/aromatic N) is 1. The first-order valence-electron chi connectivity index (χ1n) is 7.62. The molecule has 26 heavy (non-hydrogen) atoms. The van der Waals surface area contributed by atoms with Crippen molar-refractivity contribution >= 4 is 44.3 Å². The lowest BCUT2D eigenvalue weighted by Gasteiger charge is -2.09. The van der Waals surface area contributed by atoms with Gasteiger partial charge in [-0.1, -0.05) is 0 Å². The number of halogens is 3. The predicted octanol–water partition coefficient (Wildman–Crippen LogP) is 5.50. The van der Waals surface area contributed by atoms with Crippen LogP contribution in [0, 0.1) is 0 Å². The van der Waals surface area contributed by atoms with Gasteiger partial charge in [-0.2, -0.15) is 13.2 Å². The number of fused-ring (bicyclic) bond motifs is 6. The van der Waals surface area contributed by atoms with Crippen LogP contribution >= 0.6 is 11.8 Å². The fourth-order valence-electron chi connectivity index (χ4n) is 3.07. The minimum absolute atomic E-state index is 0.187. The zero-order valence-electron chi connectivity index (χ0n) is 13.8. The minimum Gasteiger partial charge on any atom is -0.497 e. The molecule has 1 N–H and O–H groups in total. The Morgan fingerprint density at radius 3 is 2.04 bits per heavy atom. The largest absolute Gasteiger partial charge is 0.497 e. The van der Waals surface area contributed by atoms with Crippen LogP contribution in [0.25, 0.3) is 32.6 Å².